The van der Waals surface area contributed by atoms with E-state index in [-0.39, 0.29) is 11.6 Å². The summed E-state index contributed by atoms with van der Waals surface area (Å²) in [6.07, 6.45) is 2.96. The van der Waals surface area contributed by atoms with Crippen LogP contribution >= 0.6 is 0 Å². The summed E-state index contributed by atoms with van der Waals surface area (Å²) in [7, 11) is 0. The molecule has 2 heterocycles. The van der Waals surface area contributed by atoms with E-state index in [9.17, 15) is 5.11 Å². The lowest BCUT2D eigenvalue weighted by Crippen LogP contribution is -2.11. The highest BCUT2D eigenvalue weighted by Gasteiger charge is 2.10. The van der Waals surface area contributed by atoms with Crippen LogP contribution in [0, 0.1) is 5.41 Å². The molecular weight excluding hydrogens is 168 g/mol. The molecule has 2 aromatic rings. The van der Waals surface area contributed by atoms with E-state index in [2.05, 4.69) is 9.97 Å². The first-order valence-corrected chi connectivity index (χ1v) is 3.69. The van der Waals surface area contributed by atoms with Crippen molar-refractivity contribution < 1.29 is 5.11 Å². The number of pyridine rings is 1. The average molecular weight is 176 g/mol. The molecule has 0 unspecified atom stereocenters. The van der Waals surface area contributed by atoms with Crippen molar-refractivity contribution in [3.8, 4) is 5.75 Å². The van der Waals surface area contributed by atoms with E-state index < -0.39 is 0 Å². The topological polar surface area (TPSA) is 98.8 Å². The van der Waals surface area contributed by atoms with Gasteiger partial charge in [-0.25, -0.2) is 4.98 Å². The Bertz CT molecular complexity index is 474. The summed E-state index contributed by atoms with van der Waals surface area (Å²) in [6, 6.07) is 1.72. The van der Waals surface area contributed by atoms with Crippen molar-refractivity contribution in [3.63, 3.8) is 0 Å². The molecule has 0 amide bonds. The molecule has 5 nitrogen and oxygen atoms in total. The number of hydrogen-bond acceptors (Lipinski definition) is 3. The Labute approximate surface area is 73.7 Å². The van der Waals surface area contributed by atoms with Crippen molar-refractivity contribution in [1.29, 1.82) is 5.41 Å². The molecule has 5 N–H and O–H groups in total. The molecule has 0 aliphatic heterocycles. The standard InChI is InChI=1S/C8H8N4O/c9-7(10)6-4-1-2-11-8(4)12-3-5(6)13/h1-3,13H,(H3,9,10)(H,11,12). The molecule has 0 saturated carbocycles. The van der Waals surface area contributed by atoms with Crippen molar-refractivity contribution in [3.05, 3.63) is 24.0 Å². The summed E-state index contributed by atoms with van der Waals surface area (Å²) in [5.74, 6) is -0.232. The zero-order valence-electron chi connectivity index (χ0n) is 6.70. The number of aromatic hydroxyl groups is 1. The Morgan fingerprint density at radius 1 is 1.62 bits per heavy atom. The number of hydrogen-bond donors (Lipinski definition) is 4. The Morgan fingerprint density at radius 3 is 3.08 bits per heavy atom. The molecule has 0 aliphatic rings. The van der Waals surface area contributed by atoms with E-state index in [1.165, 1.54) is 6.20 Å². The number of H-pyrrole nitrogens is 1. The third-order valence-corrected chi connectivity index (χ3v) is 1.84. The van der Waals surface area contributed by atoms with Crippen LogP contribution in [0.5, 0.6) is 5.75 Å². The largest absolute Gasteiger partial charge is 0.506 e. The van der Waals surface area contributed by atoms with Gasteiger partial charge in [0, 0.05) is 11.6 Å². The van der Waals surface area contributed by atoms with Gasteiger partial charge in [0.1, 0.15) is 17.2 Å². The number of aromatic amines is 1. The Kier molecular flexibility index (Phi) is 1.45. The normalized spacial score (nSPS) is 10.5. The molecule has 2 aromatic heterocycles. The van der Waals surface area contributed by atoms with Gasteiger partial charge in [0.15, 0.2) is 0 Å². The minimum absolute atomic E-state index is 0.0698. The van der Waals surface area contributed by atoms with E-state index >= 15 is 0 Å². The van der Waals surface area contributed by atoms with E-state index in [4.69, 9.17) is 11.1 Å². The maximum Gasteiger partial charge on any atom is 0.145 e. The second-order valence-corrected chi connectivity index (χ2v) is 2.67. The lowest BCUT2D eigenvalue weighted by atomic mass is 10.1. The summed E-state index contributed by atoms with van der Waals surface area (Å²) in [4.78, 5) is 6.79. The van der Waals surface area contributed by atoms with Crippen LogP contribution in [0.25, 0.3) is 11.0 Å². The first-order chi connectivity index (χ1) is 6.20. The first kappa shape index (κ1) is 7.60. The first-order valence-electron chi connectivity index (χ1n) is 3.69. The summed E-state index contributed by atoms with van der Waals surface area (Å²) < 4.78 is 0. The van der Waals surface area contributed by atoms with Gasteiger partial charge in [0.25, 0.3) is 0 Å². The van der Waals surface area contributed by atoms with E-state index in [1.54, 1.807) is 12.3 Å². The number of nitrogens with one attached hydrogen (secondary N) is 2. The summed E-state index contributed by atoms with van der Waals surface area (Å²) in [5, 5.41) is 17.3. The maximum absolute atomic E-state index is 9.40. The number of amidine groups is 1. The Balaban J connectivity index is 2.88. The fraction of sp³-hybridized carbons (Fsp3) is 0. The lowest BCUT2D eigenvalue weighted by Gasteiger charge is -2.02. The summed E-state index contributed by atoms with van der Waals surface area (Å²) >= 11 is 0. The fourth-order valence-corrected chi connectivity index (χ4v) is 1.28. The van der Waals surface area contributed by atoms with Gasteiger partial charge in [0.2, 0.25) is 0 Å². The van der Waals surface area contributed by atoms with Gasteiger partial charge >= 0.3 is 0 Å². The lowest BCUT2D eigenvalue weighted by molar-refractivity contribution is 0.472. The minimum atomic E-state index is -0.162. The third kappa shape index (κ3) is 1.01. The quantitative estimate of drug-likeness (QED) is 0.377. The van der Waals surface area contributed by atoms with Crippen molar-refractivity contribution in [2.24, 2.45) is 5.73 Å². The molecule has 0 bridgehead atoms. The molecule has 0 aliphatic carbocycles. The molecule has 66 valence electrons. The number of rotatable bonds is 1. The van der Waals surface area contributed by atoms with Gasteiger partial charge < -0.3 is 15.8 Å². The number of nitrogen functional groups attached to an aromatic ring is 1. The summed E-state index contributed by atoms with van der Waals surface area (Å²) in [6.45, 7) is 0. The second kappa shape index (κ2) is 2.48. The van der Waals surface area contributed by atoms with Crippen LogP contribution in [0.4, 0.5) is 0 Å². The highest BCUT2D eigenvalue weighted by molar-refractivity contribution is 6.08. The van der Waals surface area contributed by atoms with E-state index in [1.807, 2.05) is 0 Å². The van der Waals surface area contributed by atoms with Gasteiger partial charge in [-0.05, 0) is 6.07 Å². The molecule has 0 spiro atoms. The Hall–Kier alpha value is -2.04. The molecule has 0 fully saturated rings. The van der Waals surface area contributed by atoms with Gasteiger partial charge in [0.05, 0.1) is 11.8 Å². The van der Waals surface area contributed by atoms with Crippen LogP contribution in [-0.2, 0) is 0 Å². The van der Waals surface area contributed by atoms with E-state index in [0.717, 1.165) is 0 Å². The number of nitrogens with two attached hydrogens (primary N) is 1. The zero-order chi connectivity index (χ0) is 9.42. The predicted octanol–water partition coefficient (Wildman–Crippen LogP) is 0.553. The van der Waals surface area contributed by atoms with Crippen LogP contribution in [0.3, 0.4) is 0 Å². The van der Waals surface area contributed by atoms with E-state index in [0.29, 0.717) is 16.6 Å². The molecule has 2 rings (SSSR count). The molecule has 5 heteroatoms. The average Bonchev–Trinajstić information content (AvgIpc) is 2.50. The fourth-order valence-electron chi connectivity index (χ4n) is 1.28. The zero-order valence-corrected chi connectivity index (χ0v) is 6.70. The number of fused-ring (bicyclic) bond motifs is 1. The number of nitrogens with zero attached hydrogens (tertiary/aromatic N) is 1. The maximum atomic E-state index is 9.40. The van der Waals surface area contributed by atoms with Crippen molar-refractivity contribution in [2.45, 2.75) is 0 Å². The third-order valence-electron chi connectivity index (χ3n) is 1.84. The monoisotopic (exact) mass is 176 g/mol. The van der Waals surface area contributed by atoms with Gasteiger partial charge in [-0.3, -0.25) is 5.41 Å². The Morgan fingerprint density at radius 2 is 2.38 bits per heavy atom. The molecule has 0 saturated heterocycles. The van der Waals surface area contributed by atoms with Crippen LogP contribution in [0.15, 0.2) is 18.5 Å². The van der Waals surface area contributed by atoms with Crippen LogP contribution < -0.4 is 5.73 Å². The van der Waals surface area contributed by atoms with Gasteiger partial charge in [-0.2, -0.15) is 0 Å². The molecule has 0 radical (unpaired) electrons. The summed E-state index contributed by atoms with van der Waals surface area (Å²) in [5.41, 5.74) is 6.26. The van der Waals surface area contributed by atoms with Crippen molar-refractivity contribution >= 4 is 16.9 Å². The molecule has 0 aromatic carbocycles. The van der Waals surface area contributed by atoms with Crippen molar-refractivity contribution in [2.75, 3.05) is 0 Å². The predicted molar refractivity (Wildman–Crippen MR) is 48.8 cm³/mol. The van der Waals surface area contributed by atoms with Crippen LogP contribution in [-0.4, -0.2) is 20.9 Å². The number of aromatic nitrogens is 2. The second-order valence-electron chi connectivity index (χ2n) is 2.67. The molecule has 13 heavy (non-hydrogen) atoms. The smallest absolute Gasteiger partial charge is 0.145 e. The van der Waals surface area contributed by atoms with Gasteiger partial charge in [-0.1, -0.05) is 0 Å². The highest BCUT2D eigenvalue weighted by Crippen LogP contribution is 2.23. The molecular formula is C8H8N4O. The van der Waals surface area contributed by atoms with Crippen molar-refractivity contribution in [1.82, 2.24) is 9.97 Å². The van der Waals surface area contributed by atoms with Gasteiger partial charge in [-0.15, -0.1) is 0 Å². The molecule has 0 atom stereocenters. The van der Waals surface area contributed by atoms with Crippen LogP contribution in [0.2, 0.25) is 0 Å². The highest BCUT2D eigenvalue weighted by atomic mass is 16.3. The SMILES string of the molecule is N=C(N)c1c(O)cnc2[nH]ccc12. The minimum Gasteiger partial charge on any atom is -0.506 e. The van der Waals surface area contributed by atoms with Crippen LogP contribution in [0.1, 0.15) is 5.56 Å².